The van der Waals surface area contributed by atoms with Crippen LogP contribution in [0.2, 0.25) is 0 Å². The summed E-state index contributed by atoms with van der Waals surface area (Å²) in [6, 6.07) is 0.336. The van der Waals surface area contributed by atoms with Gasteiger partial charge in [0.25, 0.3) is 0 Å². The summed E-state index contributed by atoms with van der Waals surface area (Å²) in [5, 5.41) is 17.5. The zero-order valence-corrected chi connectivity index (χ0v) is 8.88. The van der Waals surface area contributed by atoms with Crippen molar-refractivity contribution in [1.82, 2.24) is 0 Å². The van der Waals surface area contributed by atoms with Gasteiger partial charge in [-0.2, -0.15) is 26.3 Å². The fourth-order valence-electron chi connectivity index (χ4n) is 1.35. The van der Waals surface area contributed by atoms with Crippen LogP contribution in [0.15, 0.2) is 18.2 Å². The average Bonchev–Trinajstić information content (AvgIpc) is 2.24. The Morgan fingerprint density at radius 1 is 1.05 bits per heavy atom. The Hall–Kier alpha value is -1.77. The summed E-state index contributed by atoms with van der Waals surface area (Å²) in [5.41, 5.74) is -4.56. The third-order valence-corrected chi connectivity index (χ3v) is 2.21. The Balaban J connectivity index is 3.46. The maximum absolute atomic E-state index is 12.6. The first-order valence-electron chi connectivity index (χ1n) is 4.64. The summed E-state index contributed by atoms with van der Waals surface area (Å²) in [5.74, 6) is -2.00. The van der Waals surface area contributed by atoms with Gasteiger partial charge in [-0.05, 0) is 12.1 Å². The molecule has 0 spiro atoms. The Morgan fingerprint density at radius 3 is 1.95 bits per heavy atom. The van der Waals surface area contributed by atoms with E-state index in [0.29, 0.717) is 6.07 Å². The highest BCUT2D eigenvalue weighted by molar-refractivity contribution is 5.74. The van der Waals surface area contributed by atoms with Gasteiger partial charge in [-0.25, -0.2) is 4.79 Å². The number of alkyl halides is 6. The van der Waals surface area contributed by atoms with Gasteiger partial charge in [0.1, 0.15) is 0 Å². The van der Waals surface area contributed by atoms with Crippen molar-refractivity contribution in [3.05, 3.63) is 34.9 Å². The molecule has 2 N–H and O–H groups in total. The molecular weight excluding hydrogens is 282 g/mol. The molecule has 0 saturated carbocycles. The van der Waals surface area contributed by atoms with E-state index >= 15 is 0 Å². The molecular formula is C10H6F6O3. The van der Waals surface area contributed by atoms with Crippen LogP contribution in [-0.2, 0) is 17.1 Å². The van der Waals surface area contributed by atoms with E-state index in [4.69, 9.17) is 10.2 Å². The number of aliphatic carboxylic acids is 1. The average molecular weight is 288 g/mol. The smallest absolute Gasteiger partial charge is 0.416 e. The second-order valence-corrected chi connectivity index (χ2v) is 3.54. The van der Waals surface area contributed by atoms with Crippen molar-refractivity contribution in [3.8, 4) is 0 Å². The van der Waals surface area contributed by atoms with Crippen LogP contribution in [0.25, 0.3) is 0 Å². The van der Waals surface area contributed by atoms with Crippen LogP contribution in [0.3, 0.4) is 0 Å². The van der Waals surface area contributed by atoms with Crippen molar-refractivity contribution in [2.24, 2.45) is 0 Å². The second-order valence-electron chi connectivity index (χ2n) is 3.54. The molecule has 0 heterocycles. The lowest BCUT2D eigenvalue weighted by Crippen LogP contribution is -2.19. The molecule has 0 aromatic heterocycles. The molecule has 0 unspecified atom stereocenters. The minimum Gasteiger partial charge on any atom is -0.479 e. The zero-order chi connectivity index (χ0) is 15.0. The molecule has 0 bridgehead atoms. The Kier molecular flexibility index (Phi) is 3.80. The van der Waals surface area contributed by atoms with Gasteiger partial charge in [-0.3, -0.25) is 0 Å². The van der Waals surface area contributed by atoms with Crippen LogP contribution in [0, 0.1) is 0 Å². The summed E-state index contributed by atoms with van der Waals surface area (Å²) in [4.78, 5) is 10.4. The number of halogens is 6. The van der Waals surface area contributed by atoms with E-state index in [2.05, 4.69) is 0 Å². The van der Waals surface area contributed by atoms with Crippen molar-refractivity contribution in [2.45, 2.75) is 18.5 Å². The van der Waals surface area contributed by atoms with Gasteiger partial charge in [0.2, 0.25) is 0 Å². The summed E-state index contributed by atoms with van der Waals surface area (Å²) >= 11 is 0. The Morgan fingerprint density at radius 2 is 1.58 bits per heavy atom. The highest BCUT2D eigenvalue weighted by atomic mass is 19.4. The van der Waals surface area contributed by atoms with Crippen molar-refractivity contribution in [3.63, 3.8) is 0 Å². The van der Waals surface area contributed by atoms with Gasteiger partial charge in [-0.1, -0.05) is 6.07 Å². The second kappa shape index (κ2) is 4.72. The molecule has 0 aliphatic carbocycles. The van der Waals surface area contributed by atoms with Crippen molar-refractivity contribution >= 4 is 5.97 Å². The van der Waals surface area contributed by atoms with Gasteiger partial charge in [-0.15, -0.1) is 0 Å². The van der Waals surface area contributed by atoms with Crippen LogP contribution in [0.1, 0.15) is 22.8 Å². The lowest BCUT2D eigenvalue weighted by Gasteiger charge is -2.17. The van der Waals surface area contributed by atoms with Crippen LogP contribution >= 0.6 is 0 Å². The van der Waals surface area contributed by atoms with E-state index in [1.807, 2.05) is 0 Å². The molecule has 1 aromatic rings. The molecule has 106 valence electrons. The number of aliphatic hydroxyl groups is 1. The molecule has 0 saturated heterocycles. The van der Waals surface area contributed by atoms with Crippen molar-refractivity contribution in [1.29, 1.82) is 0 Å². The highest BCUT2D eigenvalue weighted by Gasteiger charge is 2.40. The van der Waals surface area contributed by atoms with E-state index < -0.39 is 41.1 Å². The van der Waals surface area contributed by atoms with E-state index in [9.17, 15) is 31.1 Å². The quantitative estimate of drug-likeness (QED) is 0.823. The first-order valence-corrected chi connectivity index (χ1v) is 4.64. The lowest BCUT2D eigenvalue weighted by atomic mass is 9.99. The summed E-state index contributed by atoms with van der Waals surface area (Å²) < 4.78 is 74.6. The number of carbonyl (C=O) groups is 1. The number of hydrogen-bond donors (Lipinski definition) is 2. The summed E-state index contributed by atoms with van der Waals surface area (Å²) in [7, 11) is 0. The number of benzene rings is 1. The minimum absolute atomic E-state index is 0.235. The highest BCUT2D eigenvalue weighted by Crippen LogP contribution is 2.39. The molecule has 19 heavy (non-hydrogen) atoms. The molecule has 3 nitrogen and oxygen atoms in total. The van der Waals surface area contributed by atoms with Gasteiger partial charge in [0, 0.05) is 5.56 Å². The number of carboxylic acid groups (broad SMARTS) is 1. The molecule has 1 rings (SSSR count). The Bertz CT molecular complexity index is 491. The van der Waals surface area contributed by atoms with Crippen molar-refractivity contribution in [2.75, 3.05) is 0 Å². The van der Waals surface area contributed by atoms with Crippen LogP contribution in [0.4, 0.5) is 26.3 Å². The van der Waals surface area contributed by atoms with Gasteiger partial charge >= 0.3 is 18.3 Å². The van der Waals surface area contributed by atoms with Gasteiger partial charge < -0.3 is 10.2 Å². The standard InChI is InChI=1S/C10H6F6O3/c11-9(12,13)4-1-2-5(7(17)8(18)19)6(3-4)10(14,15)16/h1-3,7,17H,(H,18,19)/t7-/m1/s1. The van der Waals surface area contributed by atoms with Crippen molar-refractivity contribution < 1.29 is 41.4 Å². The third-order valence-electron chi connectivity index (χ3n) is 2.21. The topological polar surface area (TPSA) is 57.5 Å². The molecule has 0 amide bonds. The predicted molar refractivity (Wildman–Crippen MR) is 49.0 cm³/mol. The third kappa shape index (κ3) is 3.37. The molecule has 1 aromatic carbocycles. The lowest BCUT2D eigenvalue weighted by molar-refractivity contribution is -0.149. The SMILES string of the molecule is O=C(O)[C@H](O)c1ccc(C(F)(F)F)cc1C(F)(F)F. The predicted octanol–water partition coefficient (Wildman–Crippen LogP) is 2.84. The summed E-state index contributed by atoms with van der Waals surface area (Å²) in [6.07, 6.45) is -12.8. The fourth-order valence-corrected chi connectivity index (χ4v) is 1.35. The fraction of sp³-hybridized carbons (Fsp3) is 0.300. The molecule has 1 atom stereocenters. The number of aliphatic hydroxyl groups excluding tert-OH is 1. The molecule has 9 heteroatoms. The molecule has 0 radical (unpaired) electrons. The zero-order valence-electron chi connectivity index (χ0n) is 8.88. The van der Waals surface area contributed by atoms with Crippen LogP contribution in [-0.4, -0.2) is 16.2 Å². The minimum atomic E-state index is -5.22. The van der Waals surface area contributed by atoms with E-state index in [-0.39, 0.29) is 12.1 Å². The van der Waals surface area contributed by atoms with Gasteiger partial charge in [0.15, 0.2) is 6.10 Å². The van der Waals surface area contributed by atoms with Crippen LogP contribution < -0.4 is 0 Å². The normalized spacial score (nSPS) is 14.3. The largest absolute Gasteiger partial charge is 0.479 e. The molecule has 0 fully saturated rings. The van der Waals surface area contributed by atoms with E-state index in [1.54, 1.807) is 0 Å². The number of rotatable bonds is 2. The van der Waals surface area contributed by atoms with E-state index in [0.717, 1.165) is 0 Å². The first kappa shape index (κ1) is 15.3. The monoisotopic (exact) mass is 288 g/mol. The number of carboxylic acids is 1. The Labute approximate surface area is 102 Å². The maximum Gasteiger partial charge on any atom is 0.416 e. The van der Waals surface area contributed by atoms with E-state index in [1.165, 1.54) is 0 Å². The molecule has 0 aliphatic rings. The van der Waals surface area contributed by atoms with Gasteiger partial charge in [0.05, 0.1) is 11.1 Å². The first-order chi connectivity index (χ1) is 8.44. The maximum atomic E-state index is 12.6. The molecule has 0 aliphatic heterocycles. The number of hydrogen-bond acceptors (Lipinski definition) is 2. The summed E-state index contributed by atoms with van der Waals surface area (Å²) in [6.45, 7) is 0. The van der Waals surface area contributed by atoms with Crippen LogP contribution in [0.5, 0.6) is 0 Å².